The molecule has 2 amide bonds. The van der Waals surface area contributed by atoms with Crippen LogP contribution in [0.1, 0.15) is 30.5 Å². The second-order valence-corrected chi connectivity index (χ2v) is 7.24. The summed E-state index contributed by atoms with van der Waals surface area (Å²) in [4.78, 5) is 27.8. The second-order valence-electron chi connectivity index (χ2n) is 5.97. The van der Waals surface area contributed by atoms with Crippen LogP contribution in [0, 0.1) is 6.92 Å². The second kappa shape index (κ2) is 7.28. The van der Waals surface area contributed by atoms with E-state index in [1.165, 1.54) is 22.2 Å². The fourth-order valence-corrected chi connectivity index (χ4v) is 3.73. The molecule has 3 nitrogen and oxygen atoms in total. The van der Waals surface area contributed by atoms with Crippen LogP contribution < -0.4 is 4.90 Å². The molecule has 0 radical (unpaired) electrons. The van der Waals surface area contributed by atoms with Crippen LogP contribution in [0.3, 0.4) is 0 Å². The van der Waals surface area contributed by atoms with Gasteiger partial charge in [-0.25, -0.2) is 4.90 Å². The van der Waals surface area contributed by atoms with Gasteiger partial charge in [-0.15, -0.1) is 11.8 Å². The third-order valence-electron chi connectivity index (χ3n) is 4.27. The van der Waals surface area contributed by atoms with Gasteiger partial charge in [-0.05, 0) is 42.4 Å². The van der Waals surface area contributed by atoms with Crippen molar-refractivity contribution in [1.82, 2.24) is 0 Å². The Morgan fingerprint density at radius 3 is 2.08 bits per heavy atom. The summed E-state index contributed by atoms with van der Waals surface area (Å²) in [5.74, 6) is 0.275. The molecule has 25 heavy (non-hydrogen) atoms. The van der Waals surface area contributed by atoms with Gasteiger partial charge >= 0.3 is 0 Å². The highest BCUT2D eigenvalue weighted by molar-refractivity contribution is 8.04. The Morgan fingerprint density at radius 1 is 0.880 bits per heavy atom. The topological polar surface area (TPSA) is 37.4 Å². The predicted molar refractivity (Wildman–Crippen MR) is 105 cm³/mol. The molecule has 4 heteroatoms. The van der Waals surface area contributed by atoms with Gasteiger partial charge in [-0.1, -0.05) is 55.8 Å². The normalized spacial score (nSPS) is 14.6. The lowest BCUT2D eigenvalue weighted by Crippen LogP contribution is -2.31. The first kappa shape index (κ1) is 17.5. The maximum absolute atomic E-state index is 13.1. The van der Waals surface area contributed by atoms with Crippen molar-refractivity contribution in [1.29, 1.82) is 0 Å². The minimum absolute atomic E-state index is 0.225. The zero-order valence-electron chi connectivity index (χ0n) is 14.7. The van der Waals surface area contributed by atoms with Crippen LogP contribution >= 0.6 is 11.8 Å². The Hall–Kier alpha value is -2.33. The highest BCUT2D eigenvalue weighted by Crippen LogP contribution is 2.38. The average Bonchev–Trinajstić information content (AvgIpc) is 2.87. The van der Waals surface area contributed by atoms with Gasteiger partial charge in [0.05, 0.1) is 16.2 Å². The number of thioether (sulfide) groups is 1. The van der Waals surface area contributed by atoms with Crippen LogP contribution in [0.25, 0.3) is 5.57 Å². The molecule has 0 spiro atoms. The fourth-order valence-electron chi connectivity index (χ4n) is 2.88. The van der Waals surface area contributed by atoms with Crippen LogP contribution in [0.5, 0.6) is 0 Å². The number of rotatable bonds is 5. The summed E-state index contributed by atoms with van der Waals surface area (Å²) in [6.45, 7) is 6.07. The SMILES string of the molecule is CCSC1=C(c2ccc(C)cc2)C(=O)N(c2ccc(CC)cc2)C1=O. The average molecular weight is 351 g/mol. The summed E-state index contributed by atoms with van der Waals surface area (Å²) in [6.07, 6.45) is 0.923. The van der Waals surface area contributed by atoms with Gasteiger partial charge in [0, 0.05) is 0 Å². The maximum atomic E-state index is 13.1. The Bertz CT molecular complexity index is 835. The van der Waals surface area contributed by atoms with Crippen molar-refractivity contribution in [3.05, 3.63) is 70.1 Å². The van der Waals surface area contributed by atoms with E-state index in [1.807, 2.05) is 62.4 Å². The van der Waals surface area contributed by atoms with E-state index in [1.54, 1.807) is 0 Å². The smallest absolute Gasteiger partial charge is 0.268 e. The summed E-state index contributed by atoms with van der Waals surface area (Å²) in [5, 5.41) is 0. The molecule has 0 saturated carbocycles. The number of amides is 2. The lowest BCUT2D eigenvalue weighted by molar-refractivity contribution is -0.119. The van der Waals surface area contributed by atoms with Crippen LogP contribution in [0.4, 0.5) is 5.69 Å². The van der Waals surface area contributed by atoms with Gasteiger partial charge in [0.15, 0.2) is 0 Å². The van der Waals surface area contributed by atoms with Gasteiger partial charge in [0.25, 0.3) is 11.8 Å². The number of imide groups is 1. The highest BCUT2D eigenvalue weighted by atomic mass is 32.2. The molecule has 2 aromatic carbocycles. The summed E-state index contributed by atoms with van der Waals surface area (Å²) < 4.78 is 0. The van der Waals surface area contributed by atoms with E-state index in [9.17, 15) is 9.59 Å². The zero-order chi connectivity index (χ0) is 18.0. The van der Waals surface area contributed by atoms with Gasteiger partial charge in [0.2, 0.25) is 0 Å². The van der Waals surface area contributed by atoms with Gasteiger partial charge in [0.1, 0.15) is 0 Å². The zero-order valence-corrected chi connectivity index (χ0v) is 15.5. The molecular weight excluding hydrogens is 330 g/mol. The number of carbonyl (C=O) groups is 2. The largest absolute Gasteiger partial charge is 0.272 e. The van der Waals surface area contributed by atoms with Crippen molar-refractivity contribution in [2.75, 3.05) is 10.7 Å². The van der Waals surface area contributed by atoms with Crippen molar-refractivity contribution >= 4 is 34.8 Å². The summed E-state index contributed by atoms with van der Waals surface area (Å²) in [7, 11) is 0. The van der Waals surface area contributed by atoms with E-state index in [0.717, 1.165) is 23.3 Å². The van der Waals surface area contributed by atoms with Crippen LogP contribution in [-0.2, 0) is 16.0 Å². The number of hydrogen-bond acceptors (Lipinski definition) is 3. The molecule has 0 saturated heterocycles. The van der Waals surface area contributed by atoms with Gasteiger partial charge in [-0.2, -0.15) is 0 Å². The molecule has 1 aliphatic heterocycles. The summed E-state index contributed by atoms with van der Waals surface area (Å²) in [6, 6.07) is 15.4. The Morgan fingerprint density at radius 2 is 1.52 bits per heavy atom. The van der Waals surface area contributed by atoms with E-state index < -0.39 is 0 Å². The van der Waals surface area contributed by atoms with Crippen molar-refractivity contribution < 1.29 is 9.59 Å². The molecule has 2 aromatic rings. The lowest BCUT2D eigenvalue weighted by Gasteiger charge is -2.15. The van der Waals surface area contributed by atoms with Crippen LogP contribution in [-0.4, -0.2) is 17.6 Å². The van der Waals surface area contributed by atoms with Crippen molar-refractivity contribution in [3.63, 3.8) is 0 Å². The van der Waals surface area contributed by atoms with Gasteiger partial charge < -0.3 is 0 Å². The number of anilines is 1. The Balaban J connectivity index is 2.04. The number of nitrogens with zero attached hydrogens (tertiary/aromatic N) is 1. The molecule has 0 bridgehead atoms. The van der Waals surface area contributed by atoms with E-state index in [2.05, 4.69) is 6.92 Å². The number of carbonyl (C=O) groups excluding carboxylic acids is 2. The quantitative estimate of drug-likeness (QED) is 0.739. The van der Waals surface area contributed by atoms with Crippen molar-refractivity contribution in [3.8, 4) is 0 Å². The molecule has 0 N–H and O–H groups in total. The Kier molecular flexibility index (Phi) is 5.09. The maximum Gasteiger partial charge on any atom is 0.272 e. The third-order valence-corrected chi connectivity index (χ3v) is 5.23. The third kappa shape index (κ3) is 3.27. The summed E-state index contributed by atoms with van der Waals surface area (Å²) >= 11 is 1.43. The van der Waals surface area contributed by atoms with E-state index >= 15 is 0 Å². The molecular formula is C21H21NO2S. The van der Waals surface area contributed by atoms with Crippen LogP contribution in [0.2, 0.25) is 0 Å². The van der Waals surface area contributed by atoms with Crippen molar-refractivity contribution in [2.24, 2.45) is 0 Å². The van der Waals surface area contributed by atoms with Gasteiger partial charge in [-0.3, -0.25) is 9.59 Å². The van der Waals surface area contributed by atoms with E-state index in [-0.39, 0.29) is 11.8 Å². The number of hydrogen-bond donors (Lipinski definition) is 0. The molecule has 0 aromatic heterocycles. The first-order valence-corrected chi connectivity index (χ1v) is 9.47. The molecule has 1 heterocycles. The molecule has 0 unspecified atom stereocenters. The minimum Gasteiger partial charge on any atom is -0.268 e. The van der Waals surface area contributed by atoms with Crippen molar-refractivity contribution in [2.45, 2.75) is 27.2 Å². The highest BCUT2D eigenvalue weighted by Gasteiger charge is 2.39. The number of benzene rings is 2. The lowest BCUT2D eigenvalue weighted by atomic mass is 10.0. The number of aryl methyl sites for hydroxylation is 2. The molecule has 0 aliphatic carbocycles. The first-order chi connectivity index (χ1) is 12.1. The van der Waals surface area contributed by atoms with E-state index in [0.29, 0.717) is 16.2 Å². The van der Waals surface area contributed by atoms with Crippen LogP contribution in [0.15, 0.2) is 53.4 Å². The fraction of sp³-hybridized carbons (Fsp3) is 0.238. The predicted octanol–water partition coefficient (Wildman–Crippen LogP) is 4.60. The first-order valence-electron chi connectivity index (χ1n) is 8.48. The molecule has 3 rings (SSSR count). The Labute approximate surface area is 152 Å². The molecule has 128 valence electrons. The van der Waals surface area contributed by atoms with E-state index in [4.69, 9.17) is 0 Å². The monoisotopic (exact) mass is 351 g/mol. The standard InChI is InChI=1S/C21H21NO2S/c1-4-15-8-12-17(13-9-15)22-20(23)18(19(21(22)24)25-5-2)16-10-6-14(3)7-11-16/h6-13H,4-5H2,1-3H3. The molecule has 0 fully saturated rings. The minimum atomic E-state index is -0.242. The molecule has 1 aliphatic rings. The molecule has 0 atom stereocenters. The summed E-state index contributed by atoms with van der Waals surface area (Å²) in [5.41, 5.74) is 4.24.